The van der Waals surface area contributed by atoms with Gasteiger partial charge >= 0.3 is 6.18 Å². The average molecular weight is 278 g/mol. The van der Waals surface area contributed by atoms with Gasteiger partial charge in [0.15, 0.2) is 0 Å². The molecule has 108 valence electrons. The molecule has 8 heteroatoms. The second-order valence-corrected chi connectivity index (χ2v) is 3.81. The zero-order valence-electron chi connectivity index (χ0n) is 10.6. The average Bonchev–Trinajstić information content (AvgIpc) is 2.35. The first-order valence-corrected chi connectivity index (χ1v) is 5.95. The van der Waals surface area contributed by atoms with Crippen molar-refractivity contribution in [2.75, 3.05) is 36.9 Å². The molecule has 1 aromatic rings. The van der Waals surface area contributed by atoms with E-state index in [4.69, 9.17) is 0 Å². The van der Waals surface area contributed by atoms with Crippen molar-refractivity contribution in [2.45, 2.75) is 19.5 Å². The number of halogens is 3. The highest BCUT2D eigenvalue weighted by atomic mass is 19.4. The van der Waals surface area contributed by atoms with E-state index < -0.39 is 12.8 Å². The number of alkyl halides is 3. The van der Waals surface area contributed by atoms with Crippen LogP contribution < -0.4 is 10.6 Å². The molecule has 0 spiro atoms. The fourth-order valence-corrected chi connectivity index (χ4v) is 1.23. The van der Waals surface area contributed by atoms with Gasteiger partial charge in [0.05, 0.1) is 19.0 Å². The van der Waals surface area contributed by atoms with Gasteiger partial charge in [0.1, 0.15) is 18.2 Å². The normalized spacial score (nSPS) is 11.4. The van der Waals surface area contributed by atoms with Crippen LogP contribution in [-0.4, -0.2) is 42.4 Å². The van der Waals surface area contributed by atoms with Gasteiger partial charge in [-0.1, -0.05) is 6.92 Å². The first-order chi connectivity index (χ1) is 9.01. The number of anilines is 2. The first kappa shape index (κ1) is 15.5. The van der Waals surface area contributed by atoms with Crippen molar-refractivity contribution in [3.63, 3.8) is 0 Å². The van der Waals surface area contributed by atoms with Gasteiger partial charge in [-0.2, -0.15) is 13.2 Å². The molecule has 0 atom stereocenters. The van der Waals surface area contributed by atoms with Gasteiger partial charge in [0.2, 0.25) is 0 Å². The maximum Gasteiger partial charge on any atom is 0.411 e. The number of ether oxygens (including phenoxy) is 1. The quantitative estimate of drug-likeness (QED) is 0.714. The highest BCUT2D eigenvalue weighted by Crippen LogP contribution is 2.14. The first-order valence-electron chi connectivity index (χ1n) is 5.95. The number of hydrogen-bond donors (Lipinski definition) is 2. The van der Waals surface area contributed by atoms with Crippen LogP contribution in [0.15, 0.2) is 12.4 Å². The molecule has 0 fully saturated rings. The maximum absolute atomic E-state index is 11.8. The van der Waals surface area contributed by atoms with Gasteiger partial charge in [0.25, 0.3) is 0 Å². The van der Waals surface area contributed by atoms with Crippen LogP contribution in [0.25, 0.3) is 0 Å². The van der Waals surface area contributed by atoms with E-state index in [0.717, 1.165) is 13.0 Å². The molecular weight excluding hydrogens is 261 g/mol. The second kappa shape index (κ2) is 7.78. The summed E-state index contributed by atoms with van der Waals surface area (Å²) in [5.74, 6) is 1.12. The molecule has 0 aliphatic heterocycles. The Kier molecular flexibility index (Phi) is 6.34. The highest BCUT2D eigenvalue weighted by Gasteiger charge is 2.27. The predicted octanol–water partition coefficient (Wildman–Crippen LogP) is 2.29. The summed E-state index contributed by atoms with van der Waals surface area (Å²) in [5, 5.41) is 5.90. The molecule has 1 heterocycles. The van der Waals surface area contributed by atoms with E-state index in [1.165, 1.54) is 6.20 Å². The topological polar surface area (TPSA) is 59.1 Å². The van der Waals surface area contributed by atoms with E-state index in [2.05, 4.69) is 25.3 Å². The summed E-state index contributed by atoms with van der Waals surface area (Å²) < 4.78 is 39.9. The Balaban J connectivity index is 2.25. The molecule has 0 amide bonds. The summed E-state index contributed by atoms with van der Waals surface area (Å²) in [7, 11) is 0. The van der Waals surface area contributed by atoms with Crippen LogP contribution in [0.1, 0.15) is 13.3 Å². The Hall–Kier alpha value is -1.57. The minimum Gasteiger partial charge on any atom is -0.370 e. The Morgan fingerprint density at radius 1 is 1.16 bits per heavy atom. The van der Waals surface area contributed by atoms with Crippen molar-refractivity contribution in [2.24, 2.45) is 0 Å². The molecule has 19 heavy (non-hydrogen) atoms. The van der Waals surface area contributed by atoms with Crippen LogP contribution in [-0.2, 0) is 4.74 Å². The minimum absolute atomic E-state index is 0.0478. The van der Waals surface area contributed by atoms with Crippen molar-refractivity contribution >= 4 is 11.6 Å². The van der Waals surface area contributed by atoms with Crippen LogP contribution in [0.3, 0.4) is 0 Å². The summed E-state index contributed by atoms with van der Waals surface area (Å²) in [6.07, 6.45) is -0.240. The van der Waals surface area contributed by atoms with Crippen molar-refractivity contribution in [3.8, 4) is 0 Å². The fourth-order valence-electron chi connectivity index (χ4n) is 1.23. The van der Waals surface area contributed by atoms with E-state index in [-0.39, 0.29) is 13.2 Å². The molecule has 1 aromatic heterocycles. The summed E-state index contributed by atoms with van der Waals surface area (Å²) in [6, 6.07) is 0. The Morgan fingerprint density at radius 2 is 1.79 bits per heavy atom. The van der Waals surface area contributed by atoms with Crippen LogP contribution >= 0.6 is 0 Å². The van der Waals surface area contributed by atoms with E-state index in [9.17, 15) is 13.2 Å². The zero-order chi connectivity index (χ0) is 14.1. The van der Waals surface area contributed by atoms with Crippen molar-refractivity contribution in [3.05, 3.63) is 12.4 Å². The molecule has 5 nitrogen and oxygen atoms in total. The molecule has 0 aliphatic rings. The lowest BCUT2D eigenvalue weighted by molar-refractivity contribution is -0.172. The number of nitrogens with zero attached hydrogens (tertiary/aromatic N) is 2. The van der Waals surface area contributed by atoms with Crippen LogP contribution in [0.5, 0.6) is 0 Å². The van der Waals surface area contributed by atoms with Crippen molar-refractivity contribution in [1.82, 2.24) is 9.97 Å². The molecule has 0 aromatic carbocycles. The van der Waals surface area contributed by atoms with Gasteiger partial charge in [0, 0.05) is 13.1 Å². The van der Waals surface area contributed by atoms with E-state index in [0.29, 0.717) is 11.6 Å². The van der Waals surface area contributed by atoms with E-state index in [1.54, 1.807) is 6.20 Å². The van der Waals surface area contributed by atoms with Crippen LogP contribution in [0.4, 0.5) is 24.8 Å². The zero-order valence-corrected chi connectivity index (χ0v) is 10.6. The lowest BCUT2D eigenvalue weighted by Gasteiger charge is -2.09. The van der Waals surface area contributed by atoms with E-state index >= 15 is 0 Å². The Labute approximate surface area is 109 Å². The molecule has 0 radical (unpaired) electrons. The van der Waals surface area contributed by atoms with Gasteiger partial charge in [-0.05, 0) is 6.42 Å². The molecule has 1 rings (SSSR count). The van der Waals surface area contributed by atoms with Crippen molar-refractivity contribution in [1.29, 1.82) is 0 Å². The molecule has 0 saturated carbocycles. The summed E-state index contributed by atoms with van der Waals surface area (Å²) in [5.41, 5.74) is 0. The molecule has 0 aliphatic carbocycles. The monoisotopic (exact) mass is 278 g/mol. The lowest BCUT2D eigenvalue weighted by Crippen LogP contribution is -2.20. The number of hydrogen-bond acceptors (Lipinski definition) is 5. The number of nitrogens with one attached hydrogen (secondary N) is 2. The maximum atomic E-state index is 11.8. The highest BCUT2D eigenvalue weighted by molar-refractivity contribution is 5.41. The third-order valence-corrected chi connectivity index (χ3v) is 2.01. The lowest BCUT2D eigenvalue weighted by atomic mass is 10.5. The molecule has 0 bridgehead atoms. The molecule has 0 saturated heterocycles. The molecule has 2 N–H and O–H groups in total. The second-order valence-electron chi connectivity index (χ2n) is 3.81. The third kappa shape index (κ3) is 7.45. The largest absolute Gasteiger partial charge is 0.411 e. The molecule has 0 unspecified atom stereocenters. The summed E-state index contributed by atoms with van der Waals surface area (Å²) >= 11 is 0. The SMILES string of the molecule is CCCNc1cncc(NCCOCC(F)(F)F)n1. The number of aromatic nitrogens is 2. The van der Waals surface area contributed by atoms with Crippen LogP contribution in [0, 0.1) is 0 Å². The minimum atomic E-state index is -4.29. The van der Waals surface area contributed by atoms with Gasteiger partial charge < -0.3 is 15.4 Å². The number of rotatable bonds is 8. The van der Waals surface area contributed by atoms with Crippen LogP contribution in [0.2, 0.25) is 0 Å². The smallest absolute Gasteiger partial charge is 0.370 e. The van der Waals surface area contributed by atoms with Gasteiger partial charge in [-0.25, -0.2) is 4.98 Å². The third-order valence-electron chi connectivity index (χ3n) is 2.01. The fraction of sp³-hybridized carbons (Fsp3) is 0.636. The predicted molar refractivity (Wildman–Crippen MR) is 66.2 cm³/mol. The van der Waals surface area contributed by atoms with E-state index in [1.807, 2.05) is 6.92 Å². The summed E-state index contributed by atoms with van der Waals surface area (Å²) in [6.45, 7) is 1.77. The summed E-state index contributed by atoms with van der Waals surface area (Å²) in [4.78, 5) is 8.16. The van der Waals surface area contributed by atoms with Gasteiger partial charge in [-0.3, -0.25) is 4.98 Å². The van der Waals surface area contributed by atoms with Gasteiger partial charge in [-0.15, -0.1) is 0 Å². The molecular formula is C11H17F3N4O. The Morgan fingerprint density at radius 3 is 2.37 bits per heavy atom. The van der Waals surface area contributed by atoms with Crippen molar-refractivity contribution < 1.29 is 17.9 Å². The Bertz CT molecular complexity index is 373. The standard InChI is InChI=1S/C11H17F3N4O/c1-2-3-16-9-6-15-7-10(18-9)17-4-5-19-8-11(12,13)14/h6-7H,2-5,8H2,1H3,(H2,16,17,18).